The molecule has 30 heavy (non-hydrogen) atoms. The summed E-state index contributed by atoms with van der Waals surface area (Å²) in [5.41, 5.74) is 3.56. The molecule has 152 valence electrons. The number of ether oxygens (including phenoxy) is 1. The number of piperazine rings is 1. The van der Waals surface area contributed by atoms with E-state index >= 15 is 0 Å². The van der Waals surface area contributed by atoms with Crippen LogP contribution in [0.15, 0.2) is 57.9 Å². The van der Waals surface area contributed by atoms with Gasteiger partial charge >= 0.3 is 0 Å². The number of rotatable bonds is 3. The molecule has 6 nitrogen and oxygen atoms in total. The largest absolute Gasteiger partial charge is 0.494 e. The lowest BCUT2D eigenvalue weighted by Gasteiger charge is -2.29. The van der Waals surface area contributed by atoms with Crippen LogP contribution in [0.1, 0.15) is 0 Å². The van der Waals surface area contributed by atoms with Crippen molar-refractivity contribution in [2.24, 2.45) is 0 Å². The summed E-state index contributed by atoms with van der Waals surface area (Å²) in [6, 6.07) is 13.4. The summed E-state index contributed by atoms with van der Waals surface area (Å²) < 4.78 is 11.7. The van der Waals surface area contributed by atoms with Gasteiger partial charge in [0.05, 0.1) is 29.3 Å². The molecule has 1 aliphatic heterocycles. The Hall–Kier alpha value is -3.09. The Morgan fingerprint density at radius 2 is 1.90 bits per heavy atom. The third-order valence-corrected chi connectivity index (χ3v) is 5.80. The van der Waals surface area contributed by atoms with Crippen LogP contribution in [0.5, 0.6) is 5.75 Å². The summed E-state index contributed by atoms with van der Waals surface area (Å²) >= 11 is 6.25. The van der Waals surface area contributed by atoms with Gasteiger partial charge < -0.3 is 19.4 Å². The fourth-order valence-corrected chi connectivity index (χ4v) is 4.22. The normalized spacial score (nSPS) is 14.4. The zero-order valence-electron chi connectivity index (χ0n) is 16.4. The maximum atomic E-state index is 13.1. The quantitative estimate of drug-likeness (QED) is 0.503. The van der Waals surface area contributed by atoms with E-state index in [2.05, 4.69) is 27.3 Å². The number of methoxy groups -OCH3 is 1. The summed E-state index contributed by atoms with van der Waals surface area (Å²) in [5, 5.41) is 4.05. The molecule has 0 radical (unpaired) electrons. The second kappa shape index (κ2) is 7.63. The fourth-order valence-electron chi connectivity index (χ4n) is 3.97. The monoisotopic (exact) mass is 421 g/mol. The van der Waals surface area contributed by atoms with Crippen LogP contribution in [0, 0.1) is 0 Å². The van der Waals surface area contributed by atoms with Gasteiger partial charge in [0.1, 0.15) is 11.3 Å². The molecule has 0 spiro atoms. The molecule has 5 rings (SSSR count). The van der Waals surface area contributed by atoms with Gasteiger partial charge in [0, 0.05) is 31.9 Å². The maximum absolute atomic E-state index is 13.1. The second-order valence-corrected chi connectivity index (χ2v) is 7.61. The van der Waals surface area contributed by atoms with E-state index in [0.29, 0.717) is 32.9 Å². The second-order valence-electron chi connectivity index (χ2n) is 7.21. The predicted octanol–water partition coefficient (Wildman–Crippen LogP) is 4.08. The number of hydrogen-bond acceptors (Lipinski definition) is 6. The van der Waals surface area contributed by atoms with Gasteiger partial charge in [-0.25, -0.2) is 4.98 Å². The standard InChI is InChI=1S/C23H20ClN3O3/c1-29-18-13-26-21-22(28)20-16(24)3-2-4-17(20)30-23(21)19(18)14-5-7-15(8-6-14)27-11-9-25-10-12-27/h2-8,13,25H,9-12H2,1H3. The van der Waals surface area contributed by atoms with Crippen molar-refractivity contribution in [1.29, 1.82) is 0 Å². The average molecular weight is 422 g/mol. The zero-order chi connectivity index (χ0) is 20.7. The smallest absolute Gasteiger partial charge is 0.220 e. The minimum atomic E-state index is -0.252. The van der Waals surface area contributed by atoms with Crippen molar-refractivity contribution < 1.29 is 9.15 Å². The van der Waals surface area contributed by atoms with Gasteiger partial charge in [0.2, 0.25) is 5.43 Å². The number of halogens is 1. The molecule has 2 aromatic carbocycles. The van der Waals surface area contributed by atoms with E-state index in [1.165, 1.54) is 0 Å². The van der Waals surface area contributed by atoms with Gasteiger partial charge in [-0.15, -0.1) is 0 Å². The Bertz CT molecular complexity index is 1300. The van der Waals surface area contributed by atoms with Crippen molar-refractivity contribution in [3.63, 3.8) is 0 Å². The van der Waals surface area contributed by atoms with Crippen molar-refractivity contribution in [3.8, 4) is 16.9 Å². The van der Waals surface area contributed by atoms with Crippen LogP contribution in [0.2, 0.25) is 5.02 Å². The molecular formula is C23H20ClN3O3. The summed E-state index contributed by atoms with van der Waals surface area (Å²) in [6.45, 7) is 3.90. The molecule has 3 heterocycles. The lowest BCUT2D eigenvalue weighted by molar-refractivity contribution is 0.414. The molecule has 7 heteroatoms. The predicted molar refractivity (Wildman–Crippen MR) is 120 cm³/mol. The molecular weight excluding hydrogens is 402 g/mol. The highest BCUT2D eigenvalue weighted by atomic mass is 35.5. The van der Waals surface area contributed by atoms with Crippen LogP contribution < -0.4 is 20.4 Å². The Balaban J connectivity index is 1.71. The minimum absolute atomic E-state index is 0.234. The summed E-state index contributed by atoms with van der Waals surface area (Å²) in [4.78, 5) is 19.8. The third-order valence-electron chi connectivity index (χ3n) is 5.49. The van der Waals surface area contributed by atoms with Gasteiger partial charge in [-0.3, -0.25) is 4.79 Å². The number of nitrogens with zero attached hydrogens (tertiary/aromatic N) is 2. The van der Waals surface area contributed by atoms with E-state index in [1.54, 1.807) is 31.5 Å². The van der Waals surface area contributed by atoms with Crippen molar-refractivity contribution in [1.82, 2.24) is 10.3 Å². The fraction of sp³-hybridized carbons (Fsp3) is 0.217. The number of pyridine rings is 1. The van der Waals surface area contributed by atoms with Crippen LogP contribution in [-0.2, 0) is 0 Å². The first-order chi connectivity index (χ1) is 14.7. The number of nitrogens with one attached hydrogen (secondary N) is 1. The number of benzene rings is 2. The molecule has 0 saturated carbocycles. The van der Waals surface area contributed by atoms with Crippen LogP contribution in [0.3, 0.4) is 0 Å². The third kappa shape index (κ3) is 3.09. The molecule has 1 N–H and O–H groups in total. The summed E-state index contributed by atoms with van der Waals surface area (Å²) in [7, 11) is 1.58. The van der Waals surface area contributed by atoms with E-state index in [0.717, 1.165) is 37.4 Å². The first kappa shape index (κ1) is 18.9. The molecule has 0 atom stereocenters. The van der Waals surface area contributed by atoms with E-state index in [4.69, 9.17) is 20.8 Å². The molecule has 0 aliphatic carbocycles. The highest BCUT2D eigenvalue weighted by Gasteiger charge is 2.20. The Morgan fingerprint density at radius 1 is 1.13 bits per heavy atom. The highest BCUT2D eigenvalue weighted by Crippen LogP contribution is 2.37. The molecule has 1 saturated heterocycles. The Kier molecular flexibility index (Phi) is 4.81. The lowest BCUT2D eigenvalue weighted by atomic mass is 10.0. The van der Waals surface area contributed by atoms with Crippen molar-refractivity contribution in [2.45, 2.75) is 0 Å². The van der Waals surface area contributed by atoms with Crippen molar-refractivity contribution in [2.75, 3.05) is 38.2 Å². The van der Waals surface area contributed by atoms with E-state index in [1.807, 2.05) is 12.1 Å². The van der Waals surface area contributed by atoms with Crippen LogP contribution in [0.4, 0.5) is 5.69 Å². The molecule has 0 amide bonds. The number of anilines is 1. The number of hydrogen-bond donors (Lipinski definition) is 1. The highest BCUT2D eigenvalue weighted by molar-refractivity contribution is 6.35. The topological polar surface area (TPSA) is 67.6 Å². The van der Waals surface area contributed by atoms with Gasteiger partial charge in [0.25, 0.3) is 0 Å². The molecule has 2 aromatic heterocycles. The Morgan fingerprint density at radius 3 is 2.63 bits per heavy atom. The lowest BCUT2D eigenvalue weighted by Crippen LogP contribution is -2.43. The summed E-state index contributed by atoms with van der Waals surface area (Å²) in [5.74, 6) is 0.543. The summed E-state index contributed by atoms with van der Waals surface area (Å²) in [6.07, 6.45) is 1.56. The maximum Gasteiger partial charge on any atom is 0.220 e. The van der Waals surface area contributed by atoms with Crippen molar-refractivity contribution >= 4 is 39.4 Å². The van der Waals surface area contributed by atoms with E-state index in [-0.39, 0.29) is 10.9 Å². The van der Waals surface area contributed by atoms with E-state index < -0.39 is 0 Å². The molecule has 0 unspecified atom stereocenters. The SMILES string of the molecule is COc1cnc2c(=O)c3c(Cl)cccc3oc2c1-c1ccc(N2CCNCC2)cc1. The molecule has 4 aromatic rings. The molecule has 0 bridgehead atoms. The molecule has 1 aliphatic rings. The van der Waals surface area contributed by atoms with Crippen LogP contribution in [0.25, 0.3) is 33.2 Å². The molecule has 1 fully saturated rings. The van der Waals surface area contributed by atoms with Gasteiger partial charge in [0.15, 0.2) is 11.1 Å². The average Bonchev–Trinajstić information content (AvgIpc) is 2.79. The Labute approximate surface area is 178 Å². The van der Waals surface area contributed by atoms with Crippen LogP contribution in [-0.4, -0.2) is 38.3 Å². The zero-order valence-corrected chi connectivity index (χ0v) is 17.2. The number of aromatic nitrogens is 1. The van der Waals surface area contributed by atoms with Gasteiger partial charge in [-0.2, -0.15) is 0 Å². The first-order valence-electron chi connectivity index (χ1n) is 9.81. The number of fused-ring (bicyclic) bond motifs is 2. The van der Waals surface area contributed by atoms with Gasteiger partial charge in [-0.1, -0.05) is 29.8 Å². The minimum Gasteiger partial charge on any atom is -0.494 e. The van der Waals surface area contributed by atoms with E-state index in [9.17, 15) is 4.79 Å². The first-order valence-corrected chi connectivity index (χ1v) is 10.2. The van der Waals surface area contributed by atoms with Gasteiger partial charge in [-0.05, 0) is 29.8 Å². The van der Waals surface area contributed by atoms with Crippen LogP contribution >= 0.6 is 11.6 Å². The van der Waals surface area contributed by atoms with Crippen molar-refractivity contribution in [3.05, 3.63) is 63.9 Å².